The smallest absolute Gasteiger partial charge is 0.176 e. The maximum absolute atomic E-state index is 11.6. The van der Waals surface area contributed by atoms with Crippen molar-refractivity contribution >= 4 is 23.4 Å². The zero-order valence-electron chi connectivity index (χ0n) is 16.4. The van der Waals surface area contributed by atoms with Gasteiger partial charge in [0.15, 0.2) is 5.78 Å². The molecule has 1 atom stereocenters. The topological polar surface area (TPSA) is 73.2 Å². The molecule has 0 spiro atoms. The molecule has 4 rings (SSSR count). The first kappa shape index (κ1) is 18.3. The fraction of sp³-hybridized carbons (Fsp3) is 0.619. The highest BCUT2D eigenvalue weighted by molar-refractivity contribution is 6.39. The molecule has 2 aliphatic carbocycles. The molecule has 3 aliphatic rings. The number of nitrogens with one attached hydrogen (secondary N) is 1. The van der Waals surface area contributed by atoms with Crippen LogP contribution in [0.2, 0.25) is 0 Å². The fourth-order valence-electron chi connectivity index (χ4n) is 4.41. The molecule has 1 unspecified atom stereocenters. The first-order valence-electron chi connectivity index (χ1n) is 10.2. The van der Waals surface area contributed by atoms with E-state index in [0.717, 1.165) is 62.6 Å². The van der Waals surface area contributed by atoms with Crippen LogP contribution in [0.1, 0.15) is 50.9 Å². The molecular formula is C21H29N5O. The van der Waals surface area contributed by atoms with Gasteiger partial charge >= 0.3 is 0 Å². The number of ketones is 1. The molecule has 2 fully saturated rings. The SMILES string of the molecule is CC(C)N1CCN(c2cnc3c(n2)C=C(C2CCC(=O)C(=N)C2)CC3)CC1. The molecule has 0 radical (unpaired) electrons. The molecule has 1 N–H and O–H groups in total. The Labute approximate surface area is 161 Å². The van der Waals surface area contributed by atoms with Crippen LogP contribution in [0, 0.1) is 11.3 Å². The molecule has 1 aromatic heterocycles. The van der Waals surface area contributed by atoms with Gasteiger partial charge in [0.1, 0.15) is 5.82 Å². The Balaban J connectivity index is 1.50. The Morgan fingerprint density at radius 3 is 2.63 bits per heavy atom. The van der Waals surface area contributed by atoms with Gasteiger partial charge in [0, 0.05) is 38.6 Å². The van der Waals surface area contributed by atoms with Crippen molar-refractivity contribution in [2.75, 3.05) is 31.1 Å². The molecule has 6 nitrogen and oxygen atoms in total. The molecule has 0 amide bonds. The predicted molar refractivity (Wildman–Crippen MR) is 107 cm³/mol. The number of rotatable bonds is 3. The lowest BCUT2D eigenvalue weighted by molar-refractivity contribution is -0.113. The number of nitrogens with zero attached hydrogens (tertiary/aromatic N) is 4. The second-order valence-electron chi connectivity index (χ2n) is 8.24. The van der Waals surface area contributed by atoms with Gasteiger partial charge in [0.05, 0.1) is 23.3 Å². The van der Waals surface area contributed by atoms with Gasteiger partial charge < -0.3 is 10.3 Å². The van der Waals surface area contributed by atoms with E-state index in [-0.39, 0.29) is 5.78 Å². The number of aryl methyl sites for hydroxylation is 1. The van der Waals surface area contributed by atoms with Crippen LogP contribution in [0.25, 0.3) is 6.08 Å². The summed E-state index contributed by atoms with van der Waals surface area (Å²) in [4.78, 5) is 26.1. The summed E-state index contributed by atoms with van der Waals surface area (Å²) in [6, 6.07) is 0.591. The summed E-state index contributed by atoms with van der Waals surface area (Å²) in [6.45, 7) is 8.61. The van der Waals surface area contributed by atoms with Crippen LogP contribution >= 0.6 is 0 Å². The summed E-state index contributed by atoms with van der Waals surface area (Å²) >= 11 is 0. The van der Waals surface area contributed by atoms with E-state index >= 15 is 0 Å². The maximum Gasteiger partial charge on any atom is 0.176 e. The summed E-state index contributed by atoms with van der Waals surface area (Å²) in [5.41, 5.74) is 3.70. The number of allylic oxidation sites excluding steroid dienone is 1. The minimum absolute atomic E-state index is 0.0191. The first-order chi connectivity index (χ1) is 13.0. The van der Waals surface area contributed by atoms with Crippen LogP contribution in [0.3, 0.4) is 0 Å². The van der Waals surface area contributed by atoms with Crippen LogP contribution in [0.15, 0.2) is 11.8 Å². The zero-order chi connectivity index (χ0) is 19.0. The van der Waals surface area contributed by atoms with Crippen LogP contribution in [-0.2, 0) is 11.2 Å². The summed E-state index contributed by atoms with van der Waals surface area (Å²) in [7, 11) is 0. The fourth-order valence-corrected chi connectivity index (χ4v) is 4.41. The molecule has 2 heterocycles. The van der Waals surface area contributed by atoms with Crippen LogP contribution in [0.5, 0.6) is 0 Å². The average molecular weight is 367 g/mol. The maximum atomic E-state index is 11.6. The van der Waals surface area contributed by atoms with Crippen molar-refractivity contribution in [3.8, 4) is 0 Å². The van der Waals surface area contributed by atoms with E-state index in [2.05, 4.69) is 29.7 Å². The third-order valence-electron chi connectivity index (χ3n) is 6.24. The normalized spacial score (nSPS) is 24.2. The van der Waals surface area contributed by atoms with Crippen LogP contribution in [-0.4, -0.2) is 58.6 Å². The molecule has 144 valence electrons. The largest absolute Gasteiger partial charge is 0.353 e. The highest BCUT2D eigenvalue weighted by Gasteiger charge is 2.28. The zero-order valence-corrected chi connectivity index (χ0v) is 16.4. The number of carbonyl (C=O) groups excluding carboxylic acids is 1. The molecular weight excluding hydrogens is 338 g/mol. The minimum atomic E-state index is 0.0191. The highest BCUT2D eigenvalue weighted by atomic mass is 16.1. The van der Waals surface area contributed by atoms with E-state index in [0.29, 0.717) is 30.5 Å². The van der Waals surface area contributed by atoms with Gasteiger partial charge in [-0.25, -0.2) is 4.98 Å². The highest BCUT2D eigenvalue weighted by Crippen LogP contribution is 2.34. The van der Waals surface area contributed by atoms with Gasteiger partial charge in [-0.15, -0.1) is 0 Å². The lowest BCUT2D eigenvalue weighted by Crippen LogP contribution is -2.49. The van der Waals surface area contributed by atoms with Crippen molar-refractivity contribution in [1.82, 2.24) is 14.9 Å². The van der Waals surface area contributed by atoms with Crippen molar-refractivity contribution in [3.63, 3.8) is 0 Å². The summed E-state index contributed by atoms with van der Waals surface area (Å²) in [5.74, 6) is 1.32. The number of aromatic nitrogens is 2. The molecule has 1 saturated heterocycles. The number of anilines is 1. The van der Waals surface area contributed by atoms with Gasteiger partial charge in [-0.05, 0) is 51.5 Å². The van der Waals surface area contributed by atoms with Crippen LogP contribution < -0.4 is 4.90 Å². The number of hydrogen-bond donors (Lipinski definition) is 1. The Kier molecular flexibility index (Phi) is 5.08. The molecule has 0 bridgehead atoms. The van der Waals surface area contributed by atoms with Gasteiger partial charge in [-0.2, -0.15) is 0 Å². The summed E-state index contributed by atoms with van der Waals surface area (Å²) < 4.78 is 0. The predicted octanol–water partition coefficient (Wildman–Crippen LogP) is 2.73. The summed E-state index contributed by atoms with van der Waals surface area (Å²) in [6.07, 6.45) is 7.97. The van der Waals surface area contributed by atoms with Crippen molar-refractivity contribution < 1.29 is 4.79 Å². The van der Waals surface area contributed by atoms with Gasteiger partial charge in [0.25, 0.3) is 0 Å². The second kappa shape index (κ2) is 7.50. The van der Waals surface area contributed by atoms with E-state index in [1.807, 2.05) is 6.20 Å². The van der Waals surface area contributed by atoms with Crippen molar-refractivity contribution in [2.45, 2.75) is 52.0 Å². The number of Topliss-reactive ketones (excluding diaryl/α,β-unsaturated/α-hetero) is 1. The molecule has 1 aromatic rings. The molecule has 6 heteroatoms. The third-order valence-corrected chi connectivity index (χ3v) is 6.24. The summed E-state index contributed by atoms with van der Waals surface area (Å²) in [5, 5.41) is 7.89. The molecule has 1 aliphatic heterocycles. The van der Waals surface area contributed by atoms with Gasteiger partial charge in [0.2, 0.25) is 0 Å². The Morgan fingerprint density at radius 1 is 1.15 bits per heavy atom. The van der Waals surface area contributed by atoms with E-state index in [1.54, 1.807) is 0 Å². The van der Waals surface area contributed by atoms with E-state index in [1.165, 1.54) is 5.57 Å². The lowest BCUT2D eigenvalue weighted by atomic mass is 9.78. The van der Waals surface area contributed by atoms with Gasteiger partial charge in [-0.1, -0.05) is 5.57 Å². The Bertz CT molecular complexity index is 777. The Morgan fingerprint density at radius 2 is 1.93 bits per heavy atom. The minimum Gasteiger partial charge on any atom is -0.353 e. The lowest BCUT2D eigenvalue weighted by Gasteiger charge is -2.37. The number of piperazine rings is 1. The number of hydrogen-bond acceptors (Lipinski definition) is 6. The number of carbonyl (C=O) groups is 1. The van der Waals surface area contributed by atoms with E-state index in [9.17, 15) is 4.79 Å². The number of fused-ring (bicyclic) bond motifs is 1. The average Bonchev–Trinajstić information content (AvgIpc) is 2.69. The quantitative estimate of drug-likeness (QED) is 0.889. The third kappa shape index (κ3) is 3.81. The van der Waals surface area contributed by atoms with Gasteiger partial charge in [-0.3, -0.25) is 14.7 Å². The van der Waals surface area contributed by atoms with Crippen molar-refractivity contribution in [1.29, 1.82) is 5.41 Å². The van der Waals surface area contributed by atoms with Crippen molar-refractivity contribution in [2.24, 2.45) is 5.92 Å². The van der Waals surface area contributed by atoms with E-state index in [4.69, 9.17) is 15.4 Å². The molecule has 27 heavy (non-hydrogen) atoms. The van der Waals surface area contributed by atoms with E-state index < -0.39 is 0 Å². The first-order valence-corrected chi connectivity index (χ1v) is 10.2. The monoisotopic (exact) mass is 367 g/mol. The molecule has 0 aromatic carbocycles. The standard InChI is InChI=1S/C21H29N5O/c1-14(2)25-7-9-26(10-8-25)21-13-23-18-5-3-16(12-19(18)24-21)15-4-6-20(27)17(22)11-15/h12-15,22H,3-11H2,1-2H3. The van der Waals surface area contributed by atoms with Crippen molar-refractivity contribution in [3.05, 3.63) is 23.2 Å². The Hall–Kier alpha value is -2.08. The van der Waals surface area contributed by atoms with Crippen LogP contribution in [0.4, 0.5) is 5.82 Å². The second-order valence-corrected chi connectivity index (χ2v) is 8.24. The molecule has 1 saturated carbocycles.